The Morgan fingerprint density at radius 2 is 1.36 bits per heavy atom. The second kappa shape index (κ2) is 8.68. The van der Waals surface area contributed by atoms with E-state index in [9.17, 15) is 4.79 Å². The third-order valence-electron chi connectivity index (χ3n) is 8.24. The van der Waals surface area contributed by atoms with Gasteiger partial charge in [-0.05, 0) is 105 Å². The van der Waals surface area contributed by atoms with Gasteiger partial charge in [-0.25, -0.2) is 0 Å². The van der Waals surface area contributed by atoms with E-state index in [-0.39, 0.29) is 22.3 Å². The summed E-state index contributed by atoms with van der Waals surface area (Å²) in [6.07, 6.45) is 8.36. The van der Waals surface area contributed by atoms with Gasteiger partial charge in [0.2, 0.25) is 0 Å². The van der Waals surface area contributed by atoms with E-state index in [1.165, 1.54) is 40.4 Å². The Morgan fingerprint density at radius 1 is 0.727 bits per heavy atom. The first-order chi connectivity index (χ1) is 16.2. The molecule has 6 rings (SSSR count). The maximum Gasteiger partial charge on any atom is 0.317 e. The van der Waals surface area contributed by atoms with E-state index in [2.05, 4.69) is 72.8 Å². The Kier molecular flexibility index (Phi) is 5.54. The molecule has 0 amide bonds. The molecule has 3 saturated carbocycles. The van der Waals surface area contributed by atoms with E-state index in [0.29, 0.717) is 5.75 Å². The van der Waals surface area contributed by atoms with Crippen LogP contribution in [0.15, 0.2) is 99.6 Å². The van der Waals surface area contributed by atoms with E-state index in [4.69, 9.17) is 4.74 Å². The monoisotopic (exact) mass is 455 g/mol. The first-order valence-corrected chi connectivity index (χ1v) is 13.6. The van der Waals surface area contributed by atoms with E-state index < -0.39 is 0 Å². The Hall–Kier alpha value is -2.52. The summed E-state index contributed by atoms with van der Waals surface area (Å²) >= 11 is 0. The molecule has 0 heterocycles. The Balaban J connectivity index is 1.23. The number of esters is 1. The van der Waals surface area contributed by atoms with E-state index in [0.717, 1.165) is 37.0 Å². The fourth-order valence-electron chi connectivity index (χ4n) is 6.69. The number of rotatable bonds is 5. The van der Waals surface area contributed by atoms with Gasteiger partial charge in [-0.15, -0.1) is 0 Å². The molecule has 3 heteroatoms. The average Bonchev–Trinajstić information content (AvgIpc) is 2.85. The minimum atomic E-state index is -0.235. The van der Waals surface area contributed by atoms with Crippen molar-refractivity contribution in [3.05, 3.63) is 84.9 Å². The van der Waals surface area contributed by atoms with Gasteiger partial charge in [0.15, 0.2) is 14.7 Å². The molecular formula is C30H31O2S+. The molecule has 2 nitrogen and oxygen atoms in total. The van der Waals surface area contributed by atoms with Crippen molar-refractivity contribution in [1.82, 2.24) is 0 Å². The molecule has 168 valence electrons. The fourth-order valence-corrected chi connectivity index (χ4v) is 8.78. The van der Waals surface area contributed by atoms with Crippen LogP contribution in [-0.4, -0.2) is 5.97 Å². The van der Waals surface area contributed by atoms with Gasteiger partial charge in [-0.1, -0.05) is 42.8 Å². The predicted octanol–water partition coefficient (Wildman–Crippen LogP) is 7.29. The van der Waals surface area contributed by atoms with Crippen molar-refractivity contribution in [1.29, 1.82) is 0 Å². The second-order valence-electron chi connectivity index (χ2n) is 10.2. The van der Waals surface area contributed by atoms with Crippen molar-refractivity contribution in [2.24, 2.45) is 23.2 Å². The van der Waals surface area contributed by atoms with Gasteiger partial charge >= 0.3 is 5.97 Å². The highest BCUT2D eigenvalue weighted by molar-refractivity contribution is 7.97. The Labute approximate surface area is 199 Å². The van der Waals surface area contributed by atoms with Crippen LogP contribution in [0.3, 0.4) is 0 Å². The summed E-state index contributed by atoms with van der Waals surface area (Å²) in [5.41, 5.74) is -0.235. The summed E-state index contributed by atoms with van der Waals surface area (Å²) in [5.74, 6) is 3.04. The molecule has 3 aromatic rings. The zero-order chi connectivity index (χ0) is 22.3. The molecule has 0 aromatic heterocycles. The van der Waals surface area contributed by atoms with Crippen molar-refractivity contribution >= 4 is 16.9 Å². The van der Waals surface area contributed by atoms with Crippen LogP contribution in [0.25, 0.3) is 0 Å². The molecule has 0 spiro atoms. The first-order valence-electron chi connectivity index (χ1n) is 12.4. The molecule has 3 aliphatic carbocycles. The number of hydrogen-bond acceptors (Lipinski definition) is 2. The largest absolute Gasteiger partial charge is 0.426 e. The van der Waals surface area contributed by atoms with E-state index in [1.54, 1.807) is 0 Å². The standard InChI is InChI=1S/C30H31O2S/c31-29(30-18-17-23-12-11-22(20-30)19-24(23)21-30)32-25-13-15-28(16-14-25)33(26-7-3-1-4-8-26)27-9-5-2-6-10-27/h1-10,13-16,22-24H,11-12,17-21H2/q+1. The van der Waals surface area contributed by atoms with Crippen molar-refractivity contribution < 1.29 is 9.53 Å². The van der Waals surface area contributed by atoms with E-state index >= 15 is 0 Å². The molecule has 3 fully saturated rings. The molecule has 3 aliphatic rings. The molecule has 3 bridgehead atoms. The van der Waals surface area contributed by atoms with Gasteiger partial charge in [0.05, 0.1) is 16.3 Å². The van der Waals surface area contributed by atoms with Crippen LogP contribution in [0.4, 0.5) is 0 Å². The lowest BCUT2D eigenvalue weighted by Crippen LogP contribution is -2.49. The molecule has 3 aromatic carbocycles. The van der Waals surface area contributed by atoms with Gasteiger partial charge < -0.3 is 4.74 Å². The van der Waals surface area contributed by atoms with Crippen LogP contribution < -0.4 is 4.74 Å². The lowest BCUT2D eigenvalue weighted by atomic mass is 9.51. The van der Waals surface area contributed by atoms with Crippen LogP contribution in [0.2, 0.25) is 0 Å². The molecule has 0 N–H and O–H groups in total. The summed E-state index contributed by atoms with van der Waals surface area (Å²) in [6.45, 7) is 0. The smallest absolute Gasteiger partial charge is 0.317 e. The third-order valence-corrected chi connectivity index (χ3v) is 10.5. The molecule has 0 saturated heterocycles. The van der Waals surface area contributed by atoms with Crippen molar-refractivity contribution in [3.63, 3.8) is 0 Å². The summed E-state index contributed by atoms with van der Waals surface area (Å²) in [6, 6.07) is 29.5. The van der Waals surface area contributed by atoms with Gasteiger partial charge in [0.1, 0.15) is 5.75 Å². The quantitative estimate of drug-likeness (QED) is 0.229. The third kappa shape index (κ3) is 4.01. The lowest BCUT2D eigenvalue weighted by Gasteiger charge is -2.53. The van der Waals surface area contributed by atoms with Crippen molar-refractivity contribution in [2.45, 2.75) is 59.6 Å². The van der Waals surface area contributed by atoms with Gasteiger partial charge in [0.25, 0.3) is 0 Å². The molecule has 4 unspecified atom stereocenters. The Morgan fingerprint density at radius 3 is 2.03 bits per heavy atom. The maximum absolute atomic E-state index is 13.4. The highest BCUT2D eigenvalue weighted by atomic mass is 32.2. The minimum absolute atomic E-state index is 0.0235. The Bertz CT molecular complexity index is 1070. The fraction of sp³-hybridized carbons (Fsp3) is 0.367. The molecule has 0 radical (unpaired) electrons. The van der Waals surface area contributed by atoms with Crippen molar-refractivity contribution in [2.75, 3.05) is 0 Å². The highest BCUT2D eigenvalue weighted by Gasteiger charge is 2.53. The normalized spacial score (nSPS) is 28.0. The van der Waals surface area contributed by atoms with Crippen LogP contribution in [-0.2, 0) is 15.7 Å². The van der Waals surface area contributed by atoms with Crippen LogP contribution in [0.5, 0.6) is 5.75 Å². The number of ether oxygens (including phenoxy) is 1. The SMILES string of the molecule is O=C(Oc1ccc([S+](c2ccccc2)c2ccccc2)cc1)C12CCC3CCC(CC3C1)C2. The molecule has 33 heavy (non-hydrogen) atoms. The minimum Gasteiger partial charge on any atom is -0.426 e. The zero-order valence-electron chi connectivity index (χ0n) is 19.0. The average molecular weight is 456 g/mol. The van der Waals surface area contributed by atoms with Crippen LogP contribution in [0.1, 0.15) is 44.9 Å². The number of fused-ring (bicyclic) bond motifs is 2. The number of benzene rings is 3. The second-order valence-corrected chi connectivity index (χ2v) is 12.2. The van der Waals surface area contributed by atoms with Crippen LogP contribution >= 0.6 is 0 Å². The highest BCUT2D eigenvalue weighted by Crippen LogP contribution is 2.58. The predicted molar refractivity (Wildman–Crippen MR) is 132 cm³/mol. The first kappa shape index (κ1) is 21.0. The number of carbonyl (C=O) groups excluding carboxylic acids is 1. The lowest BCUT2D eigenvalue weighted by molar-refractivity contribution is -0.158. The summed E-state index contributed by atoms with van der Waals surface area (Å²) in [5, 5.41) is 0. The summed E-state index contributed by atoms with van der Waals surface area (Å²) in [4.78, 5) is 17.2. The molecule has 0 aliphatic heterocycles. The van der Waals surface area contributed by atoms with Crippen molar-refractivity contribution in [3.8, 4) is 5.75 Å². The van der Waals surface area contributed by atoms with E-state index in [1.807, 2.05) is 12.1 Å². The van der Waals surface area contributed by atoms with Gasteiger partial charge in [-0.2, -0.15) is 0 Å². The maximum atomic E-state index is 13.4. The number of hydrogen-bond donors (Lipinski definition) is 0. The van der Waals surface area contributed by atoms with Gasteiger partial charge in [-0.3, -0.25) is 4.79 Å². The zero-order valence-corrected chi connectivity index (χ0v) is 19.8. The summed E-state index contributed by atoms with van der Waals surface area (Å²) < 4.78 is 6.05. The van der Waals surface area contributed by atoms with Gasteiger partial charge in [0, 0.05) is 0 Å². The topological polar surface area (TPSA) is 26.3 Å². The van der Waals surface area contributed by atoms with Crippen LogP contribution in [0, 0.1) is 23.2 Å². The number of carbonyl (C=O) groups is 1. The summed E-state index contributed by atoms with van der Waals surface area (Å²) in [7, 11) is -0.187. The molecule has 4 atom stereocenters. The molecular weight excluding hydrogens is 424 g/mol.